The molecule has 2 aromatic rings. The van der Waals surface area contributed by atoms with Gasteiger partial charge in [-0.3, -0.25) is 14.8 Å². The minimum Gasteiger partial charge on any atom is -0.355 e. The second-order valence-electron chi connectivity index (χ2n) is 6.17. The second-order valence-corrected chi connectivity index (χ2v) is 6.17. The number of anilines is 2. The molecular weight excluding hydrogens is 318 g/mol. The van der Waals surface area contributed by atoms with Crippen molar-refractivity contribution in [1.82, 2.24) is 10.8 Å². The van der Waals surface area contributed by atoms with Crippen molar-refractivity contribution in [3.8, 4) is 0 Å². The van der Waals surface area contributed by atoms with Crippen molar-refractivity contribution in [1.29, 1.82) is 0 Å². The predicted octanol–water partition coefficient (Wildman–Crippen LogP) is 3.08. The third-order valence-corrected chi connectivity index (χ3v) is 3.66. The van der Waals surface area contributed by atoms with Gasteiger partial charge in [-0.1, -0.05) is 44.2 Å². The standard InChI is InChI=1S/C19H23N3O3/c1-13(2)12-17(19(24)22-25)21-18(23)15-10-6-7-11-16(15)20-14-8-4-3-5-9-14/h3-11,13,17,20,25H,12H2,1-2H3,(H,21,23)(H,22,24). The summed E-state index contributed by atoms with van der Waals surface area (Å²) in [5, 5.41) is 14.8. The first-order chi connectivity index (χ1) is 12.0. The molecule has 1 atom stereocenters. The Morgan fingerprint density at radius 1 is 1.00 bits per heavy atom. The highest BCUT2D eigenvalue weighted by Crippen LogP contribution is 2.21. The molecule has 0 spiro atoms. The number of rotatable bonds is 7. The molecule has 0 radical (unpaired) electrons. The average molecular weight is 341 g/mol. The lowest BCUT2D eigenvalue weighted by Crippen LogP contribution is -2.46. The van der Waals surface area contributed by atoms with Crippen LogP contribution in [0.1, 0.15) is 30.6 Å². The fourth-order valence-corrected chi connectivity index (χ4v) is 2.48. The van der Waals surface area contributed by atoms with Crippen LogP contribution in [0.5, 0.6) is 0 Å². The van der Waals surface area contributed by atoms with Gasteiger partial charge in [-0.15, -0.1) is 0 Å². The zero-order chi connectivity index (χ0) is 18.2. The van der Waals surface area contributed by atoms with Gasteiger partial charge in [0.25, 0.3) is 11.8 Å². The van der Waals surface area contributed by atoms with Crippen LogP contribution < -0.4 is 16.1 Å². The molecule has 0 aliphatic heterocycles. The Labute approximate surface area is 147 Å². The number of carbonyl (C=O) groups excluding carboxylic acids is 2. The minimum atomic E-state index is -0.803. The van der Waals surface area contributed by atoms with Crippen LogP contribution in [0.15, 0.2) is 54.6 Å². The number of para-hydroxylation sites is 2. The van der Waals surface area contributed by atoms with Crippen LogP contribution in [0.25, 0.3) is 0 Å². The highest BCUT2D eigenvalue weighted by atomic mass is 16.5. The van der Waals surface area contributed by atoms with Gasteiger partial charge in [-0.25, -0.2) is 5.48 Å². The number of carbonyl (C=O) groups is 2. The fraction of sp³-hybridized carbons (Fsp3) is 0.263. The summed E-state index contributed by atoms with van der Waals surface area (Å²) in [5.74, 6) is -0.830. The third kappa shape index (κ3) is 5.32. The maximum absolute atomic E-state index is 12.7. The smallest absolute Gasteiger partial charge is 0.265 e. The van der Waals surface area contributed by atoms with E-state index in [0.29, 0.717) is 17.7 Å². The highest BCUT2D eigenvalue weighted by molar-refractivity contribution is 6.02. The summed E-state index contributed by atoms with van der Waals surface area (Å²) in [4.78, 5) is 24.5. The van der Waals surface area contributed by atoms with Crippen molar-refractivity contribution in [3.05, 3.63) is 60.2 Å². The number of hydrogen-bond acceptors (Lipinski definition) is 4. The van der Waals surface area contributed by atoms with E-state index in [1.54, 1.807) is 23.7 Å². The molecule has 0 aliphatic rings. The molecule has 2 amide bonds. The fourth-order valence-electron chi connectivity index (χ4n) is 2.48. The lowest BCUT2D eigenvalue weighted by molar-refractivity contribution is -0.131. The van der Waals surface area contributed by atoms with E-state index < -0.39 is 11.9 Å². The van der Waals surface area contributed by atoms with E-state index in [1.165, 1.54) is 0 Å². The Morgan fingerprint density at radius 2 is 1.64 bits per heavy atom. The van der Waals surface area contributed by atoms with Gasteiger partial charge < -0.3 is 10.6 Å². The van der Waals surface area contributed by atoms with Gasteiger partial charge in [0, 0.05) is 5.69 Å². The zero-order valence-electron chi connectivity index (χ0n) is 14.3. The molecule has 0 fully saturated rings. The van der Waals surface area contributed by atoms with Gasteiger partial charge >= 0.3 is 0 Å². The molecule has 0 aliphatic carbocycles. The molecule has 6 nitrogen and oxygen atoms in total. The van der Waals surface area contributed by atoms with Crippen molar-refractivity contribution < 1.29 is 14.8 Å². The first-order valence-corrected chi connectivity index (χ1v) is 8.17. The van der Waals surface area contributed by atoms with Gasteiger partial charge in [0.05, 0.1) is 11.3 Å². The summed E-state index contributed by atoms with van der Waals surface area (Å²) in [6.07, 6.45) is 0.423. The highest BCUT2D eigenvalue weighted by Gasteiger charge is 2.23. The summed E-state index contributed by atoms with van der Waals surface area (Å²) in [6, 6.07) is 15.8. The lowest BCUT2D eigenvalue weighted by atomic mass is 10.0. The molecule has 0 bridgehead atoms. The van der Waals surface area contributed by atoms with Gasteiger partial charge in [-0.05, 0) is 36.6 Å². The van der Waals surface area contributed by atoms with E-state index in [4.69, 9.17) is 5.21 Å². The van der Waals surface area contributed by atoms with Crippen molar-refractivity contribution in [3.63, 3.8) is 0 Å². The topological polar surface area (TPSA) is 90.5 Å². The predicted molar refractivity (Wildman–Crippen MR) is 96.8 cm³/mol. The summed E-state index contributed by atoms with van der Waals surface area (Å²) < 4.78 is 0. The Hall–Kier alpha value is -2.86. The van der Waals surface area contributed by atoms with Gasteiger partial charge in [0.2, 0.25) is 0 Å². The maximum Gasteiger partial charge on any atom is 0.265 e. The molecule has 2 aromatic carbocycles. The largest absolute Gasteiger partial charge is 0.355 e. The molecule has 25 heavy (non-hydrogen) atoms. The Bertz CT molecular complexity index is 717. The molecule has 0 saturated heterocycles. The quantitative estimate of drug-likeness (QED) is 0.460. The summed E-state index contributed by atoms with van der Waals surface area (Å²) in [6.45, 7) is 3.88. The summed E-state index contributed by atoms with van der Waals surface area (Å²) >= 11 is 0. The molecular formula is C19H23N3O3. The van der Waals surface area contributed by atoms with Crippen LogP contribution in [-0.2, 0) is 4.79 Å². The van der Waals surface area contributed by atoms with Crippen LogP contribution in [0, 0.1) is 5.92 Å². The average Bonchev–Trinajstić information content (AvgIpc) is 2.61. The Kier molecular flexibility index (Phi) is 6.54. The molecule has 2 rings (SSSR count). The Morgan fingerprint density at radius 3 is 2.28 bits per heavy atom. The Balaban J connectivity index is 2.19. The first kappa shape index (κ1) is 18.5. The van der Waals surface area contributed by atoms with Gasteiger partial charge in [0.15, 0.2) is 0 Å². The molecule has 0 heterocycles. The number of hydrogen-bond donors (Lipinski definition) is 4. The van der Waals surface area contributed by atoms with Crippen LogP contribution >= 0.6 is 0 Å². The molecule has 0 saturated carbocycles. The van der Waals surface area contributed by atoms with E-state index in [-0.39, 0.29) is 11.8 Å². The first-order valence-electron chi connectivity index (χ1n) is 8.17. The summed E-state index contributed by atoms with van der Waals surface area (Å²) in [5.41, 5.74) is 3.53. The van der Waals surface area contributed by atoms with Gasteiger partial charge in [-0.2, -0.15) is 0 Å². The molecule has 132 valence electrons. The normalized spacial score (nSPS) is 11.7. The number of nitrogens with one attached hydrogen (secondary N) is 3. The molecule has 1 unspecified atom stereocenters. The van der Waals surface area contributed by atoms with Crippen LogP contribution in [0.2, 0.25) is 0 Å². The maximum atomic E-state index is 12.7. The van der Waals surface area contributed by atoms with E-state index in [1.807, 2.05) is 50.2 Å². The molecule has 4 N–H and O–H groups in total. The van der Waals surface area contributed by atoms with E-state index in [0.717, 1.165) is 5.69 Å². The number of benzene rings is 2. The number of hydroxylamine groups is 1. The van der Waals surface area contributed by atoms with E-state index in [9.17, 15) is 9.59 Å². The van der Waals surface area contributed by atoms with Crippen molar-refractivity contribution in [2.24, 2.45) is 5.92 Å². The van der Waals surface area contributed by atoms with Crippen LogP contribution in [0.3, 0.4) is 0 Å². The molecule has 0 aromatic heterocycles. The minimum absolute atomic E-state index is 0.181. The summed E-state index contributed by atoms with van der Waals surface area (Å²) in [7, 11) is 0. The van der Waals surface area contributed by atoms with Crippen molar-refractivity contribution in [2.45, 2.75) is 26.3 Å². The van der Waals surface area contributed by atoms with Crippen molar-refractivity contribution in [2.75, 3.05) is 5.32 Å². The van der Waals surface area contributed by atoms with E-state index >= 15 is 0 Å². The monoisotopic (exact) mass is 341 g/mol. The lowest BCUT2D eigenvalue weighted by Gasteiger charge is -2.19. The van der Waals surface area contributed by atoms with Crippen molar-refractivity contribution >= 4 is 23.2 Å². The second kappa shape index (κ2) is 8.84. The van der Waals surface area contributed by atoms with Gasteiger partial charge in [0.1, 0.15) is 6.04 Å². The number of amides is 2. The SMILES string of the molecule is CC(C)CC(NC(=O)c1ccccc1Nc1ccccc1)C(=O)NO. The van der Waals surface area contributed by atoms with E-state index in [2.05, 4.69) is 10.6 Å². The molecule has 6 heteroatoms. The van der Waals surface area contributed by atoms with Crippen LogP contribution in [0.4, 0.5) is 11.4 Å². The zero-order valence-corrected chi connectivity index (χ0v) is 14.3. The van der Waals surface area contributed by atoms with Crippen LogP contribution in [-0.4, -0.2) is 23.1 Å². The third-order valence-electron chi connectivity index (χ3n) is 3.66.